The number of nitrogens with one attached hydrogen (secondary N) is 1. The highest BCUT2D eigenvalue weighted by Gasteiger charge is 2.38. The summed E-state index contributed by atoms with van der Waals surface area (Å²) in [6, 6.07) is 0. The molecule has 0 aromatic carbocycles. The fourth-order valence-corrected chi connectivity index (χ4v) is 0. The van der Waals surface area contributed by atoms with Gasteiger partial charge in [0, 0.05) is 7.05 Å². The Kier molecular flexibility index (Phi) is 6.91. The lowest BCUT2D eigenvalue weighted by Gasteiger charge is -1.93. The van der Waals surface area contributed by atoms with E-state index < -0.39 is 12.1 Å². The Morgan fingerprint density at radius 2 is 1.73 bits per heavy atom. The van der Waals surface area contributed by atoms with Gasteiger partial charge in [-0.2, -0.15) is 13.2 Å². The molecule has 0 atom stereocenters. The average Bonchev–Trinajstić information content (AvgIpc) is 1.87. The van der Waals surface area contributed by atoms with E-state index >= 15 is 0 Å². The SMILES string of the molecule is CNOC.O=C(O)C(F)(F)F. The molecule has 11 heavy (non-hydrogen) atoms. The maximum atomic E-state index is 10.6. The second-order valence-electron chi connectivity index (χ2n) is 1.21. The van der Waals surface area contributed by atoms with Crippen LogP contribution in [0.1, 0.15) is 0 Å². The van der Waals surface area contributed by atoms with Crippen LogP contribution in [0.2, 0.25) is 0 Å². The fraction of sp³-hybridized carbons (Fsp3) is 0.750. The summed E-state index contributed by atoms with van der Waals surface area (Å²) in [4.78, 5) is 13.2. The van der Waals surface area contributed by atoms with Gasteiger partial charge in [-0.3, -0.25) is 0 Å². The zero-order chi connectivity index (χ0) is 9.49. The predicted octanol–water partition coefficient (Wildman–Crippen LogP) is 0.400. The van der Waals surface area contributed by atoms with Crippen LogP contribution in [0.15, 0.2) is 0 Å². The molecule has 0 saturated carbocycles. The van der Waals surface area contributed by atoms with Crippen LogP contribution in [0, 0.1) is 0 Å². The average molecular weight is 175 g/mol. The van der Waals surface area contributed by atoms with E-state index in [9.17, 15) is 13.2 Å². The Morgan fingerprint density at radius 3 is 1.73 bits per heavy atom. The molecule has 0 aromatic rings. The summed E-state index contributed by atoms with van der Waals surface area (Å²) in [5.41, 5.74) is 2.43. The summed E-state index contributed by atoms with van der Waals surface area (Å²) in [6.07, 6.45) is -5.08. The van der Waals surface area contributed by atoms with Crippen LogP contribution in [0.3, 0.4) is 0 Å². The van der Waals surface area contributed by atoms with Crippen molar-refractivity contribution in [2.75, 3.05) is 14.2 Å². The van der Waals surface area contributed by atoms with Crippen LogP contribution in [-0.2, 0) is 9.63 Å². The van der Waals surface area contributed by atoms with Crippen molar-refractivity contribution in [3.05, 3.63) is 0 Å². The van der Waals surface area contributed by atoms with Crippen molar-refractivity contribution in [1.29, 1.82) is 0 Å². The number of halogens is 3. The molecule has 0 bridgehead atoms. The number of hydrogen-bond acceptors (Lipinski definition) is 3. The molecule has 0 aliphatic carbocycles. The highest BCUT2D eigenvalue weighted by Crippen LogP contribution is 2.13. The fourth-order valence-electron chi connectivity index (χ4n) is 0. The molecule has 0 spiro atoms. The normalized spacial score (nSPS) is 9.91. The Balaban J connectivity index is 0. The van der Waals surface area contributed by atoms with Crippen LogP contribution in [-0.4, -0.2) is 31.4 Å². The maximum Gasteiger partial charge on any atom is 0.490 e. The van der Waals surface area contributed by atoms with Gasteiger partial charge in [-0.25, -0.2) is 10.3 Å². The highest BCUT2D eigenvalue weighted by molar-refractivity contribution is 5.73. The molecular weight excluding hydrogens is 167 g/mol. The standard InChI is InChI=1S/C2HF3O2.C2H7NO/c3-2(4,5)1(6)7;1-3-4-2/h(H,6,7);3H,1-2H3. The maximum absolute atomic E-state index is 10.6. The Labute approximate surface area is 60.9 Å². The number of carbonyl (C=O) groups is 1. The van der Waals surface area contributed by atoms with E-state index in [0.717, 1.165) is 0 Å². The molecule has 0 rings (SSSR count). The molecule has 0 aliphatic heterocycles. The van der Waals surface area contributed by atoms with Crippen molar-refractivity contribution in [2.45, 2.75) is 6.18 Å². The van der Waals surface area contributed by atoms with E-state index in [0.29, 0.717) is 0 Å². The van der Waals surface area contributed by atoms with E-state index in [-0.39, 0.29) is 0 Å². The van der Waals surface area contributed by atoms with Crippen molar-refractivity contribution in [2.24, 2.45) is 0 Å². The van der Waals surface area contributed by atoms with E-state index in [4.69, 9.17) is 9.90 Å². The van der Waals surface area contributed by atoms with Gasteiger partial charge in [0.25, 0.3) is 0 Å². The van der Waals surface area contributed by atoms with Gasteiger partial charge in [0.05, 0.1) is 7.11 Å². The first-order valence-electron chi connectivity index (χ1n) is 2.36. The zero-order valence-electron chi connectivity index (χ0n) is 5.90. The third kappa shape index (κ3) is 12.4. The van der Waals surface area contributed by atoms with Gasteiger partial charge in [0.2, 0.25) is 0 Å². The summed E-state index contributed by atoms with van der Waals surface area (Å²) >= 11 is 0. The van der Waals surface area contributed by atoms with Crippen LogP contribution in [0.5, 0.6) is 0 Å². The second kappa shape index (κ2) is 5.93. The summed E-state index contributed by atoms with van der Waals surface area (Å²) in [5, 5.41) is 7.12. The molecule has 0 fully saturated rings. The zero-order valence-corrected chi connectivity index (χ0v) is 5.90. The number of carboxylic acids is 1. The molecule has 4 nitrogen and oxygen atoms in total. The summed E-state index contributed by atoms with van der Waals surface area (Å²) < 4.78 is 31.7. The Bertz CT molecular complexity index is 112. The summed E-state index contributed by atoms with van der Waals surface area (Å²) in [6.45, 7) is 0. The number of carboxylic acid groups (broad SMARTS) is 1. The third-order valence-corrected chi connectivity index (χ3v) is 0.447. The molecule has 0 saturated heterocycles. The van der Waals surface area contributed by atoms with E-state index in [1.807, 2.05) is 0 Å². The molecular formula is C4H8F3NO3. The van der Waals surface area contributed by atoms with Crippen molar-refractivity contribution in [3.8, 4) is 0 Å². The molecule has 0 unspecified atom stereocenters. The second-order valence-corrected chi connectivity index (χ2v) is 1.21. The minimum Gasteiger partial charge on any atom is -0.475 e. The molecule has 0 aliphatic rings. The minimum absolute atomic E-state index is 1.57. The van der Waals surface area contributed by atoms with Crippen molar-refractivity contribution < 1.29 is 27.9 Å². The summed E-state index contributed by atoms with van der Waals surface area (Å²) in [5.74, 6) is -2.76. The number of rotatable bonds is 1. The van der Waals surface area contributed by atoms with E-state index in [1.54, 1.807) is 14.2 Å². The molecule has 0 radical (unpaired) electrons. The number of alkyl halides is 3. The topological polar surface area (TPSA) is 58.6 Å². The van der Waals surface area contributed by atoms with Gasteiger partial charge >= 0.3 is 12.1 Å². The number of hydrogen-bond donors (Lipinski definition) is 2. The van der Waals surface area contributed by atoms with Gasteiger partial charge in [-0.1, -0.05) is 0 Å². The lowest BCUT2D eigenvalue weighted by atomic mass is 10.7. The van der Waals surface area contributed by atoms with Gasteiger partial charge in [0.1, 0.15) is 0 Å². The lowest BCUT2D eigenvalue weighted by molar-refractivity contribution is -0.192. The van der Waals surface area contributed by atoms with E-state index in [1.165, 1.54) is 0 Å². The van der Waals surface area contributed by atoms with Crippen molar-refractivity contribution in [3.63, 3.8) is 0 Å². The van der Waals surface area contributed by atoms with Crippen LogP contribution in [0.4, 0.5) is 13.2 Å². The van der Waals surface area contributed by atoms with Crippen LogP contribution in [0.25, 0.3) is 0 Å². The van der Waals surface area contributed by atoms with Gasteiger partial charge < -0.3 is 9.94 Å². The predicted molar refractivity (Wildman–Crippen MR) is 29.8 cm³/mol. The van der Waals surface area contributed by atoms with E-state index in [2.05, 4.69) is 10.3 Å². The first-order valence-corrected chi connectivity index (χ1v) is 2.36. The molecule has 2 N–H and O–H groups in total. The van der Waals surface area contributed by atoms with Crippen LogP contribution >= 0.6 is 0 Å². The largest absolute Gasteiger partial charge is 0.490 e. The van der Waals surface area contributed by atoms with Crippen LogP contribution < -0.4 is 5.48 Å². The molecule has 0 aromatic heterocycles. The van der Waals surface area contributed by atoms with Crippen molar-refractivity contribution in [1.82, 2.24) is 5.48 Å². The smallest absolute Gasteiger partial charge is 0.475 e. The first-order chi connectivity index (χ1) is 4.86. The minimum atomic E-state index is -5.08. The number of aliphatic carboxylic acids is 1. The molecule has 0 heterocycles. The molecule has 68 valence electrons. The Hall–Kier alpha value is -0.820. The van der Waals surface area contributed by atoms with Gasteiger partial charge in [-0.15, -0.1) is 0 Å². The van der Waals surface area contributed by atoms with Crippen molar-refractivity contribution >= 4 is 5.97 Å². The molecule has 0 amide bonds. The third-order valence-electron chi connectivity index (χ3n) is 0.447. The number of hydroxylamine groups is 1. The molecule has 7 heteroatoms. The summed E-state index contributed by atoms with van der Waals surface area (Å²) in [7, 11) is 3.28. The van der Waals surface area contributed by atoms with Gasteiger partial charge in [0.15, 0.2) is 0 Å². The lowest BCUT2D eigenvalue weighted by Crippen LogP contribution is -2.21. The quantitative estimate of drug-likeness (QED) is 0.566. The first kappa shape index (κ1) is 12.8. The highest BCUT2D eigenvalue weighted by atomic mass is 19.4. The van der Waals surface area contributed by atoms with Gasteiger partial charge in [-0.05, 0) is 0 Å². The monoisotopic (exact) mass is 175 g/mol. The Morgan fingerprint density at radius 1 is 1.55 bits per heavy atom.